The van der Waals surface area contributed by atoms with Crippen molar-refractivity contribution in [3.63, 3.8) is 0 Å². The van der Waals surface area contributed by atoms with Gasteiger partial charge in [0.15, 0.2) is 0 Å². The molecule has 0 radical (unpaired) electrons. The fourth-order valence-corrected chi connectivity index (χ4v) is 7.92. The molecule has 0 bridgehead atoms. The zero-order chi connectivity index (χ0) is 32.3. The monoisotopic (exact) mass is 621 g/mol. The minimum atomic E-state index is 1.16. The Morgan fingerprint density at radius 2 is 0.796 bits per heavy atom. The van der Waals surface area contributed by atoms with Gasteiger partial charge in [-0.1, -0.05) is 152 Å². The number of hydrogen-bond acceptors (Lipinski definition) is 0. The lowest BCUT2D eigenvalue weighted by molar-refractivity contribution is 1.55. The van der Waals surface area contributed by atoms with Crippen LogP contribution in [-0.2, 0) is 0 Å². The maximum absolute atomic E-state index is 3.66. The summed E-state index contributed by atoms with van der Waals surface area (Å²) in [4.78, 5) is 3.66. The Morgan fingerprint density at radius 3 is 1.53 bits per heavy atom. The van der Waals surface area contributed by atoms with Crippen LogP contribution in [0.2, 0.25) is 0 Å². The van der Waals surface area contributed by atoms with E-state index in [4.69, 9.17) is 0 Å². The number of nitrogens with one attached hydrogen (secondary N) is 1. The molecule has 1 heterocycles. The third kappa shape index (κ3) is 4.47. The Morgan fingerprint density at radius 1 is 0.265 bits per heavy atom. The highest BCUT2D eigenvalue weighted by molar-refractivity contribution is 6.22. The fraction of sp³-hybridized carbons (Fsp3) is 0. The summed E-state index contributed by atoms with van der Waals surface area (Å²) in [7, 11) is 0. The van der Waals surface area contributed by atoms with Crippen molar-refractivity contribution in [2.24, 2.45) is 0 Å². The van der Waals surface area contributed by atoms with E-state index < -0.39 is 0 Å². The lowest BCUT2D eigenvalue weighted by Gasteiger charge is -2.20. The summed E-state index contributed by atoms with van der Waals surface area (Å²) in [6.45, 7) is 0. The Hall–Kier alpha value is -6.44. The Labute approximate surface area is 284 Å². The second-order valence-electron chi connectivity index (χ2n) is 13.0. The first kappa shape index (κ1) is 27.7. The van der Waals surface area contributed by atoms with Crippen molar-refractivity contribution in [2.75, 3.05) is 0 Å². The third-order valence-corrected chi connectivity index (χ3v) is 10.2. The van der Waals surface area contributed by atoms with Gasteiger partial charge in [-0.25, -0.2) is 0 Å². The molecule has 0 aliphatic rings. The summed E-state index contributed by atoms with van der Waals surface area (Å²) in [6, 6.07) is 66.5. The Balaban J connectivity index is 1.18. The lowest BCUT2D eigenvalue weighted by atomic mass is 9.83. The first-order chi connectivity index (χ1) is 24.3. The molecule has 1 N–H and O–H groups in total. The number of benzene rings is 9. The maximum Gasteiger partial charge on any atom is 0.0471 e. The molecule has 0 unspecified atom stereocenters. The summed E-state index contributed by atoms with van der Waals surface area (Å²) in [5, 5.41) is 10.1. The molecule has 1 aromatic heterocycles. The molecule has 9 aromatic carbocycles. The van der Waals surface area contributed by atoms with E-state index in [1.54, 1.807) is 0 Å². The summed E-state index contributed by atoms with van der Waals surface area (Å²) < 4.78 is 0. The minimum absolute atomic E-state index is 1.16. The first-order valence-corrected chi connectivity index (χ1v) is 16.9. The summed E-state index contributed by atoms with van der Waals surface area (Å²) in [6.07, 6.45) is 0. The van der Waals surface area contributed by atoms with Gasteiger partial charge in [-0.15, -0.1) is 0 Å². The molecule has 0 spiro atoms. The molecule has 228 valence electrons. The molecular formula is C48H31N. The molecule has 0 aliphatic heterocycles. The van der Waals surface area contributed by atoms with Gasteiger partial charge in [0.05, 0.1) is 0 Å². The molecule has 0 saturated carbocycles. The molecule has 0 fully saturated rings. The molecule has 49 heavy (non-hydrogen) atoms. The zero-order valence-electron chi connectivity index (χ0n) is 26.8. The van der Waals surface area contributed by atoms with Crippen LogP contribution in [0, 0.1) is 0 Å². The number of fused-ring (bicyclic) bond motifs is 6. The van der Waals surface area contributed by atoms with Crippen molar-refractivity contribution in [1.29, 1.82) is 0 Å². The molecule has 0 amide bonds. The van der Waals surface area contributed by atoms with Crippen molar-refractivity contribution in [2.45, 2.75) is 0 Å². The molecule has 0 aliphatic carbocycles. The highest BCUT2D eigenvalue weighted by atomic mass is 14.7. The van der Waals surface area contributed by atoms with Gasteiger partial charge in [-0.2, -0.15) is 0 Å². The predicted molar refractivity (Wildman–Crippen MR) is 210 cm³/mol. The second-order valence-corrected chi connectivity index (χ2v) is 13.0. The maximum atomic E-state index is 3.66. The van der Waals surface area contributed by atoms with Gasteiger partial charge in [0.25, 0.3) is 0 Å². The van der Waals surface area contributed by atoms with E-state index in [2.05, 4.69) is 187 Å². The zero-order valence-corrected chi connectivity index (χ0v) is 26.8. The highest BCUT2D eigenvalue weighted by Crippen LogP contribution is 2.46. The number of H-pyrrole nitrogens is 1. The summed E-state index contributed by atoms with van der Waals surface area (Å²) >= 11 is 0. The third-order valence-electron chi connectivity index (χ3n) is 10.2. The van der Waals surface area contributed by atoms with Crippen molar-refractivity contribution >= 4 is 54.1 Å². The van der Waals surface area contributed by atoms with Crippen LogP contribution in [0.25, 0.3) is 98.6 Å². The quantitative estimate of drug-likeness (QED) is 0.188. The first-order valence-electron chi connectivity index (χ1n) is 16.9. The number of rotatable bonds is 4. The van der Waals surface area contributed by atoms with Gasteiger partial charge in [-0.05, 0) is 107 Å². The number of hydrogen-bond donors (Lipinski definition) is 1. The Bertz CT molecular complexity index is 2820. The van der Waals surface area contributed by atoms with Crippen LogP contribution in [0.5, 0.6) is 0 Å². The van der Waals surface area contributed by atoms with E-state index in [1.165, 1.54) is 93.1 Å². The lowest BCUT2D eigenvalue weighted by Crippen LogP contribution is -1.93. The van der Waals surface area contributed by atoms with Crippen molar-refractivity contribution < 1.29 is 0 Å². The molecule has 10 aromatic rings. The second kappa shape index (κ2) is 11.1. The average molecular weight is 622 g/mol. The van der Waals surface area contributed by atoms with Crippen LogP contribution < -0.4 is 0 Å². The van der Waals surface area contributed by atoms with Crippen LogP contribution in [-0.4, -0.2) is 4.98 Å². The van der Waals surface area contributed by atoms with Gasteiger partial charge >= 0.3 is 0 Å². The van der Waals surface area contributed by atoms with E-state index in [0.29, 0.717) is 0 Å². The van der Waals surface area contributed by atoms with E-state index in [9.17, 15) is 0 Å². The van der Waals surface area contributed by atoms with E-state index in [-0.39, 0.29) is 0 Å². The van der Waals surface area contributed by atoms with Gasteiger partial charge in [0, 0.05) is 21.8 Å². The smallest absolute Gasteiger partial charge is 0.0471 e. The summed E-state index contributed by atoms with van der Waals surface area (Å²) in [5.74, 6) is 0. The van der Waals surface area contributed by atoms with Crippen LogP contribution in [0.4, 0.5) is 0 Å². The molecule has 0 atom stereocenters. The molecular weight excluding hydrogens is 591 g/mol. The number of aromatic amines is 1. The van der Waals surface area contributed by atoms with Crippen LogP contribution >= 0.6 is 0 Å². The molecule has 1 nitrogen and oxygen atoms in total. The molecule has 0 saturated heterocycles. The highest BCUT2D eigenvalue weighted by Gasteiger charge is 2.19. The van der Waals surface area contributed by atoms with Gasteiger partial charge < -0.3 is 4.98 Å². The minimum Gasteiger partial charge on any atom is -0.354 e. The molecule has 10 rings (SSSR count). The van der Waals surface area contributed by atoms with Crippen molar-refractivity contribution in [3.8, 4) is 44.5 Å². The van der Waals surface area contributed by atoms with Gasteiger partial charge in [-0.3, -0.25) is 0 Å². The number of aromatic nitrogens is 1. The SMILES string of the molecule is c1ccc(-c2ccccc2-c2c3ccccc3c(-c3cccc(-c4ccc5[nH]c6cc7ccccc7cc6c5c4)c3)c3ccccc23)cc1. The predicted octanol–water partition coefficient (Wildman–Crippen LogP) is 13.4. The average Bonchev–Trinajstić information content (AvgIpc) is 3.53. The normalized spacial score (nSPS) is 11.7. The van der Waals surface area contributed by atoms with Crippen molar-refractivity contribution in [3.05, 3.63) is 182 Å². The standard InChI is InChI=1S/C48H31N/c1-2-13-31(14-3-1)37-19-6-7-20-38(37)48-41-23-10-8-21-39(41)47(40-22-9-11-24-42(40)48)36-18-12-17-32(27-36)35-25-26-45-43(29-35)44-28-33-15-4-5-16-34(33)30-46(44)49-45/h1-30,49H. The van der Waals surface area contributed by atoms with Crippen LogP contribution in [0.15, 0.2) is 182 Å². The van der Waals surface area contributed by atoms with Crippen molar-refractivity contribution in [1.82, 2.24) is 4.98 Å². The van der Waals surface area contributed by atoms with E-state index in [0.717, 1.165) is 5.52 Å². The van der Waals surface area contributed by atoms with Crippen LogP contribution in [0.3, 0.4) is 0 Å². The van der Waals surface area contributed by atoms with E-state index in [1.807, 2.05) is 0 Å². The summed E-state index contributed by atoms with van der Waals surface area (Å²) in [5.41, 5.74) is 12.2. The van der Waals surface area contributed by atoms with Crippen LogP contribution in [0.1, 0.15) is 0 Å². The van der Waals surface area contributed by atoms with Gasteiger partial charge in [0.1, 0.15) is 0 Å². The largest absolute Gasteiger partial charge is 0.354 e. The molecule has 1 heteroatoms. The topological polar surface area (TPSA) is 15.8 Å². The van der Waals surface area contributed by atoms with Gasteiger partial charge in [0.2, 0.25) is 0 Å². The van der Waals surface area contributed by atoms with E-state index >= 15 is 0 Å². The fourth-order valence-electron chi connectivity index (χ4n) is 7.92. The Kier molecular flexibility index (Phi) is 6.25.